The first-order valence-corrected chi connectivity index (χ1v) is 6.25. The highest BCUT2D eigenvalue weighted by molar-refractivity contribution is 7.09. The number of halogens is 1. The van der Waals surface area contributed by atoms with Gasteiger partial charge in [-0.05, 0) is 11.4 Å². The van der Waals surface area contributed by atoms with Crippen molar-refractivity contribution < 1.29 is 9.59 Å². The summed E-state index contributed by atoms with van der Waals surface area (Å²) >= 11 is 6.88. The highest BCUT2D eigenvalue weighted by Gasteiger charge is 2.03. The van der Waals surface area contributed by atoms with Gasteiger partial charge in [-0.3, -0.25) is 9.59 Å². The van der Waals surface area contributed by atoms with Crippen molar-refractivity contribution >= 4 is 34.8 Å². The van der Waals surface area contributed by atoms with Crippen molar-refractivity contribution in [2.45, 2.75) is 13.0 Å². The molecule has 0 fully saturated rings. The molecule has 0 bridgehead atoms. The van der Waals surface area contributed by atoms with E-state index in [4.69, 9.17) is 11.6 Å². The predicted octanol–water partition coefficient (Wildman–Crippen LogP) is 1.11. The zero-order valence-corrected chi connectivity index (χ0v) is 10.2. The Hall–Kier alpha value is -1.07. The van der Waals surface area contributed by atoms with Gasteiger partial charge < -0.3 is 10.6 Å². The summed E-state index contributed by atoms with van der Waals surface area (Å²) in [5.74, 6) is -0.410. The Morgan fingerprint density at radius 3 is 2.75 bits per heavy atom. The molecule has 0 saturated heterocycles. The second kappa shape index (κ2) is 7.24. The molecule has 2 N–H and O–H groups in total. The van der Waals surface area contributed by atoms with Crippen LogP contribution in [0, 0.1) is 0 Å². The number of carbonyl (C=O) groups is 2. The van der Waals surface area contributed by atoms with E-state index in [1.807, 2.05) is 17.5 Å². The summed E-state index contributed by atoms with van der Waals surface area (Å²) in [7, 11) is 0. The van der Waals surface area contributed by atoms with Gasteiger partial charge in [0.25, 0.3) is 0 Å². The molecular formula is C10H13ClN2O2S. The van der Waals surface area contributed by atoms with Crippen molar-refractivity contribution in [1.29, 1.82) is 0 Å². The highest BCUT2D eigenvalue weighted by Crippen LogP contribution is 2.07. The first kappa shape index (κ1) is 13.0. The van der Waals surface area contributed by atoms with Gasteiger partial charge in [0.15, 0.2) is 0 Å². The summed E-state index contributed by atoms with van der Waals surface area (Å²) in [4.78, 5) is 23.2. The van der Waals surface area contributed by atoms with Gasteiger partial charge in [0, 0.05) is 17.8 Å². The molecular weight excluding hydrogens is 248 g/mol. The molecule has 0 aliphatic carbocycles. The average molecular weight is 261 g/mol. The summed E-state index contributed by atoms with van der Waals surface area (Å²) in [5, 5.41) is 7.25. The van der Waals surface area contributed by atoms with Crippen molar-refractivity contribution in [3.05, 3.63) is 22.4 Å². The zero-order valence-electron chi connectivity index (χ0n) is 8.66. The van der Waals surface area contributed by atoms with E-state index in [9.17, 15) is 9.59 Å². The van der Waals surface area contributed by atoms with Gasteiger partial charge in [0.1, 0.15) is 5.88 Å². The number of amides is 2. The number of hydrogen-bond donors (Lipinski definition) is 2. The van der Waals surface area contributed by atoms with Gasteiger partial charge >= 0.3 is 0 Å². The van der Waals surface area contributed by atoms with E-state index in [0.717, 1.165) is 4.88 Å². The van der Waals surface area contributed by atoms with Crippen LogP contribution in [0.3, 0.4) is 0 Å². The van der Waals surface area contributed by atoms with E-state index >= 15 is 0 Å². The third-order valence-corrected chi connectivity index (χ3v) is 2.95. The maximum atomic E-state index is 11.3. The van der Waals surface area contributed by atoms with Crippen LogP contribution in [-0.2, 0) is 16.1 Å². The summed E-state index contributed by atoms with van der Waals surface area (Å²) < 4.78 is 0. The predicted molar refractivity (Wildman–Crippen MR) is 64.5 cm³/mol. The van der Waals surface area contributed by atoms with E-state index in [0.29, 0.717) is 13.1 Å². The molecule has 1 rings (SSSR count). The standard InChI is InChI=1S/C10H13ClN2O2S/c11-6-10(15)12-4-3-9(14)13-7-8-2-1-5-16-8/h1-2,5H,3-4,6-7H2,(H,12,15)(H,13,14). The van der Waals surface area contributed by atoms with Crippen LogP contribution in [0.2, 0.25) is 0 Å². The van der Waals surface area contributed by atoms with E-state index in [-0.39, 0.29) is 24.1 Å². The normalized spacial score (nSPS) is 9.81. The van der Waals surface area contributed by atoms with E-state index in [2.05, 4.69) is 10.6 Å². The average Bonchev–Trinajstić information content (AvgIpc) is 2.79. The van der Waals surface area contributed by atoms with Crippen LogP contribution in [0.4, 0.5) is 0 Å². The summed E-state index contributed by atoms with van der Waals surface area (Å²) in [6.07, 6.45) is 0.272. The molecule has 4 nitrogen and oxygen atoms in total. The number of nitrogens with one attached hydrogen (secondary N) is 2. The summed E-state index contributed by atoms with van der Waals surface area (Å²) in [5.41, 5.74) is 0. The quantitative estimate of drug-likeness (QED) is 0.753. The Bertz CT molecular complexity index is 341. The lowest BCUT2D eigenvalue weighted by Crippen LogP contribution is -2.30. The van der Waals surface area contributed by atoms with Gasteiger partial charge in [-0.2, -0.15) is 0 Å². The number of thiophene rings is 1. The number of hydrogen-bond acceptors (Lipinski definition) is 3. The SMILES string of the molecule is O=C(CCl)NCCC(=O)NCc1cccs1. The molecule has 0 saturated carbocycles. The largest absolute Gasteiger partial charge is 0.355 e. The maximum absolute atomic E-state index is 11.3. The van der Waals surface area contributed by atoms with Gasteiger partial charge in [0.05, 0.1) is 6.54 Å². The molecule has 2 amide bonds. The Morgan fingerprint density at radius 2 is 2.12 bits per heavy atom. The number of rotatable bonds is 6. The molecule has 6 heteroatoms. The summed E-state index contributed by atoms with van der Waals surface area (Å²) in [6.45, 7) is 0.863. The van der Waals surface area contributed by atoms with E-state index < -0.39 is 0 Å². The molecule has 0 spiro atoms. The molecule has 0 aromatic carbocycles. The molecule has 1 aromatic rings. The first-order valence-electron chi connectivity index (χ1n) is 4.84. The van der Waals surface area contributed by atoms with Gasteiger partial charge in [-0.25, -0.2) is 0 Å². The van der Waals surface area contributed by atoms with Crippen molar-refractivity contribution in [2.75, 3.05) is 12.4 Å². The highest BCUT2D eigenvalue weighted by atomic mass is 35.5. The van der Waals surface area contributed by atoms with Gasteiger partial charge in [-0.1, -0.05) is 6.07 Å². The first-order chi connectivity index (χ1) is 7.72. The molecule has 0 aliphatic heterocycles. The van der Waals surface area contributed by atoms with Crippen molar-refractivity contribution in [2.24, 2.45) is 0 Å². The lowest BCUT2D eigenvalue weighted by Gasteiger charge is -2.04. The Kier molecular flexibility index (Phi) is 5.88. The third-order valence-electron chi connectivity index (χ3n) is 1.84. The molecule has 1 aromatic heterocycles. The van der Waals surface area contributed by atoms with E-state index in [1.54, 1.807) is 11.3 Å². The van der Waals surface area contributed by atoms with Gasteiger partial charge in [-0.15, -0.1) is 22.9 Å². The van der Waals surface area contributed by atoms with Crippen LogP contribution in [0.25, 0.3) is 0 Å². The van der Waals surface area contributed by atoms with Crippen LogP contribution in [0.1, 0.15) is 11.3 Å². The fourth-order valence-electron chi connectivity index (χ4n) is 1.05. The fraction of sp³-hybridized carbons (Fsp3) is 0.400. The van der Waals surface area contributed by atoms with Crippen molar-refractivity contribution in [3.8, 4) is 0 Å². The third kappa shape index (κ3) is 5.14. The van der Waals surface area contributed by atoms with Crippen LogP contribution < -0.4 is 10.6 Å². The topological polar surface area (TPSA) is 58.2 Å². The molecule has 0 radical (unpaired) electrons. The Morgan fingerprint density at radius 1 is 1.31 bits per heavy atom. The number of carbonyl (C=O) groups excluding carboxylic acids is 2. The Balaban J connectivity index is 2.09. The Labute approximate surface area is 103 Å². The van der Waals surface area contributed by atoms with Crippen LogP contribution in [0.15, 0.2) is 17.5 Å². The maximum Gasteiger partial charge on any atom is 0.234 e. The monoisotopic (exact) mass is 260 g/mol. The van der Waals surface area contributed by atoms with Crippen LogP contribution >= 0.6 is 22.9 Å². The smallest absolute Gasteiger partial charge is 0.234 e. The van der Waals surface area contributed by atoms with Crippen molar-refractivity contribution in [3.63, 3.8) is 0 Å². The second-order valence-corrected chi connectivity index (χ2v) is 4.39. The summed E-state index contributed by atoms with van der Waals surface area (Å²) in [6, 6.07) is 3.90. The van der Waals surface area contributed by atoms with Gasteiger partial charge in [0.2, 0.25) is 11.8 Å². The number of alkyl halides is 1. The molecule has 0 aliphatic rings. The minimum atomic E-state index is -0.257. The lowest BCUT2D eigenvalue weighted by molar-refractivity contribution is -0.121. The van der Waals surface area contributed by atoms with Crippen LogP contribution in [0.5, 0.6) is 0 Å². The molecule has 16 heavy (non-hydrogen) atoms. The molecule has 0 atom stereocenters. The molecule has 88 valence electrons. The lowest BCUT2D eigenvalue weighted by atomic mass is 10.3. The molecule has 0 unspecified atom stereocenters. The van der Waals surface area contributed by atoms with Crippen molar-refractivity contribution in [1.82, 2.24) is 10.6 Å². The fourth-order valence-corrected chi connectivity index (χ4v) is 1.79. The van der Waals surface area contributed by atoms with Crippen LogP contribution in [-0.4, -0.2) is 24.2 Å². The second-order valence-electron chi connectivity index (χ2n) is 3.09. The zero-order chi connectivity index (χ0) is 11.8. The molecule has 1 heterocycles. The van der Waals surface area contributed by atoms with E-state index in [1.165, 1.54) is 0 Å². The minimum Gasteiger partial charge on any atom is -0.355 e. The minimum absolute atomic E-state index is 0.0726.